The SMILES string of the molecule is O=C(/C=C/C=C/c1ccccc1)NCCCOc1ccc(CC(=O)NO)cc1. The Kier molecular flexibility index (Phi) is 9.03. The van der Waals surface area contributed by atoms with E-state index in [1.54, 1.807) is 35.8 Å². The molecule has 0 spiro atoms. The van der Waals surface area contributed by atoms with Crippen LogP contribution in [0.4, 0.5) is 0 Å². The first-order valence-corrected chi connectivity index (χ1v) is 8.99. The largest absolute Gasteiger partial charge is 0.494 e. The van der Waals surface area contributed by atoms with E-state index >= 15 is 0 Å². The minimum absolute atomic E-state index is 0.108. The number of hydrogen-bond acceptors (Lipinski definition) is 4. The van der Waals surface area contributed by atoms with Gasteiger partial charge in [-0.05, 0) is 29.7 Å². The molecule has 0 saturated carbocycles. The monoisotopic (exact) mass is 380 g/mol. The minimum atomic E-state index is -0.464. The molecule has 0 bridgehead atoms. The second-order valence-electron chi connectivity index (χ2n) is 5.98. The van der Waals surface area contributed by atoms with Gasteiger partial charge in [-0.1, -0.05) is 60.7 Å². The van der Waals surface area contributed by atoms with Crippen LogP contribution in [-0.2, 0) is 16.0 Å². The highest BCUT2D eigenvalue weighted by atomic mass is 16.5. The zero-order chi connectivity index (χ0) is 20.0. The molecule has 6 nitrogen and oxygen atoms in total. The van der Waals surface area contributed by atoms with E-state index in [4.69, 9.17) is 9.94 Å². The molecule has 3 N–H and O–H groups in total. The molecule has 2 aromatic carbocycles. The number of carbonyl (C=O) groups excluding carboxylic acids is 2. The lowest BCUT2D eigenvalue weighted by atomic mass is 10.1. The lowest BCUT2D eigenvalue weighted by Crippen LogP contribution is -2.23. The normalized spacial score (nSPS) is 10.9. The number of hydroxylamine groups is 1. The molecule has 6 heteroatoms. The van der Waals surface area contributed by atoms with Crippen molar-refractivity contribution in [3.05, 3.63) is 84.0 Å². The molecule has 0 aliphatic rings. The first-order valence-electron chi connectivity index (χ1n) is 8.99. The zero-order valence-corrected chi connectivity index (χ0v) is 15.5. The van der Waals surface area contributed by atoms with E-state index in [1.807, 2.05) is 42.5 Å². The van der Waals surface area contributed by atoms with Crippen LogP contribution in [0.15, 0.2) is 72.8 Å². The van der Waals surface area contributed by atoms with E-state index < -0.39 is 5.91 Å². The van der Waals surface area contributed by atoms with Crippen molar-refractivity contribution in [1.82, 2.24) is 10.8 Å². The molecule has 0 aromatic heterocycles. The van der Waals surface area contributed by atoms with Gasteiger partial charge < -0.3 is 10.1 Å². The first kappa shape index (κ1) is 20.9. The van der Waals surface area contributed by atoms with Gasteiger partial charge in [-0.3, -0.25) is 14.8 Å². The maximum absolute atomic E-state index is 11.7. The van der Waals surface area contributed by atoms with Crippen molar-refractivity contribution >= 4 is 17.9 Å². The fraction of sp³-hybridized carbons (Fsp3) is 0.182. The highest BCUT2D eigenvalue weighted by molar-refractivity contribution is 5.87. The Morgan fingerprint density at radius 3 is 2.46 bits per heavy atom. The third kappa shape index (κ3) is 8.33. The summed E-state index contributed by atoms with van der Waals surface area (Å²) in [5.41, 5.74) is 3.45. The molecule has 146 valence electrons. The van der Waals surface area contributed by atoms with Crippen molar-refractivity contribution in [1.29, 1.82) is 0 Å². The molecular weight excluding hydrogens is 356 g/mol. The number of benzene rings is 2. The summed E-state index contributed by atoms with van der Waals surface area (Å²) < 4.78 is 5.59. The van der Waals surface area contributed by atoms with E-state index in [0.29, 0.717) is 25.3 Å². The van der Waals surface area contributed by atoms with Crippen LogP contribution in [0.2, 0.25) is 0 Å². The number of amides is 2. The number of nitrogens with one attached hydrogen (secondary N) is 2. The molecule has 0 radical (unpaired) electrons. The predicted molar refractivity (Wildman–Crippen MR) is 108 cm³/mol. The molecule has 28 heavy (non-hydrogen) atoms. The van der Waals surface area contributed by atoms with Gasteiger partial charge in [-0.15, -0.1) is 0 Å². The number of hydrogen-bond donors (Lipinski definition) is 3. The molecule has 2 rings (SSSR count). The Balaban J connectivity index is 1.59. The lowest BCUT2D eigenvalue weighted by Gasteiger charge is -2.07. The standard InChI is InChI=1S/C22H24N2O4/c25-21(10-5-4-9-18-7-2-1-3-8-18)23-15-6-16-28-20-13-11-19(12-14-20)17-22(26)24-27/h1-5,7-14,27H,6,15-17H2,(H,23,25)(H,24,26)/b9-4+,10-5+. The number of ether oxygens (including phenoxy) is 1. The summed E-state index contributed by atoms with van der Waals surface area (Å²) in [5, 5.41) is 11.3. The summed E-state index contributed by atoms with van der Waals surface area (Å²) in [5.74, 6) is 0.0728. The van der Waals surface area contributed by atoms with E-state index in [-0.39, 0.29) is 12.3 Å². The van der Waals surface area contributed by atoms with Gasteiger partial charge in [-0.2, -0.15) is 0 Å². The Bertz CT molecular complexity index is 799. The summed E-state index contributed by atoms with van der Waals surface area (Å²) in [6.07, 6.45) is 7.73. The smallest absolute Gasteiger partial charge is 0.247 e. The van der Waals surface area contributed by atoms with Crippen molar-refractivity contribution in [2.24, 2.45) is 0 Å². The van der Waals surface area contributed by atoms with Gasteiger partial charge >= 0.3 is 0 Å². The van der Waals surface area contributed by atoms with Gasteiger partial charge in [0, 0.05) is 12.6 Å². The molecule has 0 atom stereocenters. The van der Waals surface area contributed by atoms with Crippen molar-refractivity contribution in [3.63, 3.8) is 0 Å². The minimum Gasteiger partial charge on any atom is -0.494 e. The van der Waals surface area contributed by atoms with Gasteiger partial charge in [0.2, 0.25) is 11.8 Å². The Labute approximate surface area is 164 Å². The molecular formula is C22H24N2O4. The third-order valence-corrected chi connectivity index (χ3v) is 3.75. The number of rotatable bonds is 10. The Morgan fingerprint density at radius 1 is 1.00 bits per heavy atom. The summed E-state index contributed by atoms with van der Waals surface area (Å²) >= 11 is 0. The quantitative estimate of drug-likeness (QED) is 0.194. The second kappa shape index (κ2) is 12.1. The van der Waals surface area contributed by atoms with E-state index in [0.717, 1.165) is 11.1 Å². The van der Waals surface area contributed by atoms with Crippen LogP contribution in [0.1, 0.15) is 17.5 Å². The van der Waals surface area contributed by atoms with Crippen molar-refractivity contribution in [3.8, 4) is 5.75 Å². The number of carbonyl (C=O) groups is 2. The molecule has 0 fully saturated rings. The fourth-order valence-corrected chi connectivity index (χ4v) is 2.33. The van der Waals surface area contributed by atoms with Crippen molar-refractivity contribution in [2.45, 2.75) is 12.8 Å². The average molecular weight is 380 g/mol. The van der Waals surface area contributed by atoms with Crippen molar-refractivity contribution < 1.29 is 19.5 Å². The molecule has 0 heterocycles. The lowest BCUT2D eigenvalue weighted by molar-refractivity contribution is -0.128. The van der Waals surface area contributed by atoms with Crippen molar-refractivity contribution in [2.75, 3.05) is 13.2 Å². The summed E-state index contributed by atoms with van der Waals surface area (Å²) in [6.45, 7) is 0.981. The maximum Gasteiger partial charge on any atom is 0.247 e. The van der Waals surface area contributed by atoms with Crippen LogP contribution in [0.25, 0.3) is 6.08 Å². The zero-order valence-electron chi connectivity index (χ0n) is 15.5. The second-order valence-corrected chi connectivity index (χ2v) is 5.98. The molecule has 0 saturated heterocycles. The van der Waals surface area contributed by atoms with Gasteiger partial charge in [0.05, 0.1) is 13.0 Å². The van der Waals surface area contributed by atoms with E-state index in [9.17, 15) is 9.59 Å². The van der Waals surface area contributed by atoms with Crippen LogP contribution in [0.3, 0.4) is 0 Å². The predicted octanol–water partition coefficient (Wildman–Crippen LogP) is 2.89. The number of allylic oxidation sites excluding steroid dienone is 2. The molecule has 2 amide bonds. The summed E-state index contributed by atoms with van der Waals surface area (Å²) in [6, 6.07) is 16.9. The van der Waals surface area contributed by atoms with Gasteiger partial charge in [-0.25, -0.2) is 5.48 Å². The summed E-state index contributed by atoms with van der Waals surface area (Å²) in [7, 11) is 0. The third-order valence-electron chi connectivity index (χ3n) is 3.75. The van der Waals surface area contributed by atoms with Gasteiger partial charge in [0.25, 0.3) is 0 Å². The van der Waals surface area contributed by atoms with Crippen LogP contribution < -0.4 is 15.5 Å². The molecule has 0 aliphatic carbocycles. The first-order chi connectivity index (χ1) is 13.7. The highest BCUT2D eigenvalue weighted by Gasteiger charge is 2.02. The fourth-order valence-electron chi connectivity index (χ4n) is 2.33. The maximum atomic E-state index is 11.7. The summed E-state index contributed by atoms with van der Waals surface area (Å²) in [4.78, 5) is 22.8. The van der Waals surface area contributed by atoms with Gasteiger partial charge in [0.1, 0.15) is 5.75 Å². The average Bonchev–Trinajstić information content (AvgIpc) is 2.73. The Morgan fingerprint density at radius 2 is 1.75 bits per heavy atom. The molecule has 0 aliphatic heterocycles. The van der Waals surface area contributed by atoms with Gasteiger partial charge in [0.15, 0.2) is 0 Å². The van der Waals surface area contributed by atoms with Crippen LogP contribution in [-0.4, -0.2) is 30.2 Å². The van der Waals surface area contributed by atoms with E-state index in [2.05, 4.69) is 5.32 Å². The van der Waals surface area contributed by atoms with E-state index in [1.165, 1.54) is 6.08 Å². The Hall–Kier alpha value is -3.38. The van der Waals surface area contributed by atoms with Crippen LogP contribution in [0.5, 0.6) is 5.75 Å². The topological polar surface area (TPSA) is 87.7 Å². The van der Waals surface area contributed by atoms with Crippen LogP contribution >= 0.6 is 0 Å². The molecule has 2 aromatic rings. The highest BCUT2D eigenvalue weighted by Crippen LogP contribution is 2.12. The van der Waals surface area contributed by atoms with Crippen LogP contribution in [0, 0.1) is 0 Å². The molecule has 0 unspecified atom stereocenters.